The van der Waals surface area contributed by atoms with Crippen LogP contribution in [0.5, 0.6) is 0 Å². The Morgan fingerprint density at radius 1 is 1.44 bits per heavy atom. The van der Waals surface area contributed by atoms with Gasteiger partial charge < -0.3 is 21.1 Å². The summed E-state index contributed by atoms with van der Waals surface area (Å²) in [6, 6.07) is 5.14. The highest BCUT2D eigenvalue weighted by atomic mass is 16.5. The number of anilines is 2. The first kappa shape index (κ1) is 14.3. The fraction of sp³-hybridized carbons (Fsp3) is 0.462. The van der Waals surface area contributed by atoms with Gasteiger partial charge in [-0.25, -0.2) is 0 Å². The van der Waals surface area contributed by atoms with Crippen LogP contribution in [0.4, 0.5) is 11.4 Å². The molecule has 0 aliphatic heterocycles. The normalized spacial score (nSPS) is 10.7. The van der Waals surface area contributed by atoms with E-state index in [1.807, 2.05) is 25.8 Å². The van der Waals surface area contributed by atoms with Crippen molar-refractivity contribution >= 4 is 17.3 Å². The van der Waals surface area contributed by atoms with E-state index in [1.165, 1.54) is 0 Å². The fourth-order valence-electron chi connectivity index (χ4n) is 1.63. The van der Waals surface area contributed by atoms with Crippen molar-refractivity contribution in [3.05, 3.63) is 23.8 Å². The molecule has 0 atom stereocenters. The number of rotatable bonds is 6. The smallest absolute Gasteiger partial charge is 0.250 e. The first-order chi connectivity index (χ1) is 8.41. The van der Waals surface area contributed by atoms with Crippen LogP contribution in [0.1, 0.15) is 24.2 Å². The molecule has 18 heavy (non-hydrogen) atoms. The van der Waals surface area contributed by atoms with Crippen molar-refractivity contribution in [1.82, 2.24) is 0 Å². The topological polar surface area (TPSA) is 81.6 Å². The van der Waals surface area contributed by atoms with Gasteiger partial charge >= 0.3 is 0 Å². The Balaban J connectivity index is 2.78. The van der Waals surface area contributed by atoms with E-state index in [0.717, 1.165) is 5.69 Å². The number of hydrogen-bond acceptors (Lipinski definition) is 4. The van der Waals surface area contributed by atoms with Gasteiger partial charge in [-0.3, -0.25) is 4.79 Å². The Morgan fingerprint density at radius 3 is 2.67 bits per heavy atom. The van der Waals surface area contributed by atoms with Crippen LogP contribution in [-0.2, 0) is 4.74 Å². The first-order valence-corrected chi connectivity index (χ1v) is 5.94. The molecule has 1 rings (SSSR count). The van der Waals surface area contributed by atoms with Crippen LogP contribution in [0, 0.1) is 0 Å². The summed E-state index contributed by atoms with van der Waals surface area (Å²) in [5.74, 6) is -0.478. The quantitative estimate of drug-likeness (QED) is 0.745. The lowest BCUT2D eigenvalue weighted by atomic mass is 10.1. The van der Waals surface area contributed by atoms with Gasteiger partial charge in [-0.1, -0.05) is 0 Å². The molecule has 0 aliphatic rings. The van der Waals surface area contributed by atoms with Gasteiger partial charge in [0.1, 0.15) is 0 Å². The number of ether oxygens (including phenoxy) is 1. The molecule has 4 N–H and O–H groups in total. The number of nitrogens with two attached hydrogens (primary N) is 2. The maximum Gasteiger partial charge on any atom is 0.250 e. The van der Waals surface area contributed by atoms with Gasteiger partial charge in [0.2, 0.25) is 0 Å². The zero-order valence-corrected chi connectivity index (χ0v) is 11.1. The number of hydrogen-bond donors (Lipinski definition) is 2. The van der Waals surface area contributed by atoms with E-state index in [9.17, 15) is 4.79 Å². The third-order valence-electron chi connectivity index (χ3n) is 2.58. The van der Waals surface area contributed by atoms with E-state index < -0.39 is 5.91 Å². The standard InChI is InChI=1S/C13H21N3O2/c1-9(2)18-7-6-16(3)12-5-4-10(14)8-11(12)13(15)17/h4-5,8-9H,6-7,14H2,1-3H3,(H2,15,17). The van der Waals surface area contributed by atoms with E-state index in [0.29, 0.717) is 24.4 Å². The zero-order valence-electron chi connectivity index (χ0n) is 11.1. The molecule has 0 spiro atoms. The SMILES string of the molecule is CC(C)OCCN(C)c1ccc(N)cc1C(N)=O. The summed E-state index contributed by atoms with van der Waals surface area (Å²) in [4.78, 5) is 13.3. The highest BCUT2D eigenvalue weighted by Gasteiger charge is 2.12. The molecule has 5 nitrogen and oxygen atoms in total. The minimum absolute atomic E-state index is 0.195. The van der Waals surface area contributed by atoms with E-state index in [2.05, 4.69) is 0 Å². The maximum atomic E-state index is 11.4. The van der Waals surface area contributed by atoms with E-state index in [4.69, 9.17) is 16.2 Å². The van der Waals surface area contributed by atoms with Crippen molar-refractivity contribution in [2.45, 2.75) is 20.0 Å². The molecule has 1 amide bonds. The van der Waals surface area contributed by atoms with Gasteiger partial charge in [0, 0.05) is 25.0 Å². The largest absolute Gasteiger partial charge is 0.399 e. The number of nitrogens with zero attached hydrogens (tertiary/aromatic N) is 1. The number of nitrogen functional groups attached to an aromatic ring is 1. The van der Waals surface area contributed by atoms with Crippen LogP contribution in [0.3, 0.4) is 0 Å². The number of primary amides is 1. The lowest BCUT2D eigenvalue weighted by Crippen LogP contribution is -2.26. The molecule has 0 aliphatic carbocycles. The van der Waals surface area contributed by atoms with Crippen molar-refractivity contribution in [1.29, 1.82) is 0 Å². The molecule has 0 heterocycles. The van der Waals surface area contributed by atoms with Crippen LogP contribution >= 0.6 is 0 Å². The molecule has 0 bridgehead atoms. The molecule has 0 saturated carbocycles. The second-order valence-corrected chi connectivity index (χ2v) is 4.48. The lowest BCUT2D eigenvalue weighted by molar-refractivity contribution is 0.0845. The molecule has 0 radical (unpaired) electrons. The van der Waals surface area contributed by atoms with Crippen LogP contribution < -0.4 is 16.4 Å². The van der Waals surface area contributed by atoms with Crippen LogP contribution in [-0.4, -0.2) is 32.2 Å². The monoisotopic (exact) mass is 251 g/mol. The Morgan fingerprint density at radius 2 is 2.11 bits per heavy atom. The van der Waals surface area contributed by atoms with Gasteiger partial charge in [-0.15, -0.1) is 0 Å². The molecule has 0 saturated heterocycles. The molecule has 1 aromatic rings. The predicted octanol–water partition coefficient (Wildman–Crippen LogP) is 1.23. The molecule has 5 heteroatoms. The highest BCUT2D eigenvalue weighted by molar-refractivity contribution is 5.99. The number of benzene rings is 1. The van der Waals surface area contributed by atoms with E-state index in [-0.39, 0.29) is 6.10 Å². The van der Waals surface area contributed by atoms with E-state index >= 15 is 0 Å². The minimum Gasteiger partial charge on any atom is -0.399 e. The number of carbonyl (C=O) groups excluding carboxylic acids is 1. The van der Waals surface area contributed by atoms with Gasteiger partial charge in [-0.05, 0) is 32.0 Å². The highest BCUT2D eigenvalue weighted by Crippen LogP contribution is 2.21. The summed E-state index contributed by atoms with van der Waals surface area (Å²) < 4.78 is 5.48. The second-order valence-electron chi connectivity index (χ2n) is 4.48. The Kier molecular flexibility index (Phi) is 4.97. The number of amides is 1. The van der Waals surface area contributed by atoms with Crippen LogP contribution in [0.15, 0.2) is 18.2 Å². The third-order valence-corrected chi connectivity index (χ3v) is 2.58. The van der Waals surface area contributed by atoms with Crippen molar-refractivity contribution in [2.24, 2.45) is 5.73 Å². The summed E-state index contributed by atoms with van der Waals surface area (Å²) in [6.07, 6.45) is 0.195. The Hall–Kier alpha value is -1.75. The lowest BCUT2D eigenvalue weighted by Gasteiger charge is -2.22. The van der Waals surface area contributed by atoms with Gasteiger partial charge in [0.25, 0.3) is 5.91 Å². The predicted molar refractivity (Wildman–Crippen MR) is 73.7 cm³/mol. The molecule has 0 aromatic heterocycles. The third kappa shape index (κ3) is 3.92. The zero-order chi connectivity index (χ0) is 13.7. The molecule has 0 fully saturated rings. The van der Waals surface area contributed by atoms with E-state index in [1.54, 1.807) is 18.2 Å². The molecular formula is C13H21N3O2. The van der Waals surface area contributed by atoms with Crippen molar-refractivity contribution in [3.63, 3.8) is 0 Å². The fourth-order valence-corrected chi connectivity index (χ4v) is 1.63. The van der Waals surface area contributed by atoms with Crippen LogP contribution in [0.25, 0.3) is 0 Å². The average Bonchev–Trinajstić information content (AvgIpc) is 2.28. The summed E-state index contributed by atoms with van der Waals surface area (Å²) in [5.41, 5.74) is 12.7. The molecule has 0 unspecified atom stereocenters. The van der Waals surface area contributed by atoms with Crippen molar-refractivity contribution < 1.29 is 9.53 Å². The van der Waals surface area contributed by atoms with Gasteiger partial charge in [0.05, 0.1) is 18.3 Å². The second kappa shape index (κ2) is 6.26. The summed E-state index contributed by atoms with van der Waals surface area (Å²) in [6.45, 7) is 5.25. The minimum atomic E-state index is -0.478. The molecule has 1 aromatic carbocycles. The first-order valence-electron chi connectivity index (χ1n) is 5.94. The average molecular weight is 251 g/mol. The number of carbonyl (C=O) groups is 1. The van der Waals surface area contributed by atoms with Crippen molar-refractivity contribution in [2.75, 3.05) is 30.8 Å². The number of likely N-dealkylation sites (N-methyl/N-ethyl adjacent to an activating group) is 1. The maximum absolute atomic E-state index is 11.4. The summed E-state index contributed by atoms with van der Waals surface area (Å²) in [7, 11) is 1.89. The molecular weight excluding hydrogens is 230 g/mol. The van der Waals surface area contributed by atoms with Crippen LogP contribution in [0.2, 0.25) is 0 Å². The summed E-state index contributed by atoms with van der Waals surface area (Å²) in [5, 5.41) is 0. The van der Waals surface area contributed by atoms with Gasteiger partial charge in [-0.2, -0.15) is 0 Å². The van der Waals surface area contributed by atoms with Crippen molar-refractivity contribution in [3.8, 4) is 0 Å². The Labute approximate surface area is 108 Å². The Bertz CT molecular complexity index is 419. The molecule has 100 valence electrons. The van der Waals surface area contributed by atoms with Gasteiger partial charge in [0.15, 0.2) is 0 Å². The summed E-state index contributed by atoms with van der Waals surface area (Å²) >= 11 is 0.